The molecule has 2 aliphatic rings. The SMILES string of the molecule is CC(=O)N[C@H]1C(O)O[C@H](C(O)CO)[C@@H]1C[C@H]1O[C@H](CO)[C@@H](O)[C@H](O)[C@@H]1O. The Hall–Kier alpha value is -0.890. The van der Waals surface area contributed by atoms with Gasteiger partial charge in [0.15, 0.2) is 6.29 Å². The zero-order chi connectivity index (χ0) is 19.6. The van der Waals surface area contributed by atoms with E-state index in [1.165, 1.54) is 6.92 Å². The first-order valence-electron chi connectivity index (χ1n) is 8.41. The van der Waals surface area contributed by atoms with Crippen LogP contribution in [0.1, 0.15) is 13.3 Å². The van der Waals surface area contributed by atoms with E-state index in [0.717, 1.165) is 0 Å². The first-order valence-corrected chi connectivity index (χ1v) is 8.41. The van der Waals surface area contributed by atoms with Gasteiger partial charge in [-0.3, -0.25) is 4.79 Å². The number of rotatable bonds is 6. The number of carbonyl (C=O) groups excluding carboxylic acids is 1. The zero-order valence-electron chi connectivity index (χ0n) is 14.3. The predicted octanol–water partition coefficient (Wildman–Crippen LogP) is -4.59. The number of hydrogen-bond donors (Lipinski definition) is 8. The van der Waals surface area contributed by atoms with Crippen LogP contribution in [0.25, 0.3) is 0 Å². The van der Waals surface area contributed by atoms with Crippen LogP contribution in [0.4, 0.5) is 0 Å². The van der Waals surface area contributed by atoms with Crippen LogP contribution in [0.2, 0.25) is 0 Å². The van der Waals surface area contributed by atoms with Crippen LogP contribution >= 0.6 is 0 Å². The quantitative estimate of drug-likeness (QED) is 0.222. The van der Waals surface area contributed by atoms with Gasteiger partial charge in [-0.2, -0.15) is 0 Å². The van der Waals surface area contributed by atoms with E-state index in [4.69, 9.17) is 9.47 Å². The van der Waals surface area contributed by atoms with Crippen molar-refractivity contribution in [3.8, 4) is 0 Å². The third-order valence-corrected chi connectivity index (χ3v) is 4.92. The number of hydrogen-bond acceptors (Lipinski definition) is 10. The minimum Gasteiger partial charge on any atom is -0.394 e. The van der Waals surface area contributed by atoms with Gasteiger partial charge in [-0.15, -0.1) is 0 Å². The second-order valence-electron chi connectivity index (χ2n) is 6.73. The Labute approximate surface area is 149 Å². The van der Waals surface area contributed by atoms with Gasteiger partial charge < -0.3 is 50.5 Å². The van der Waals surface area contributed by atoms with Crippen molar-refractivity contribution in [3.05, 3.63) is 0 Å². The molecular weight excluding hydrogens is 354 g/mol. The molecule has 0 aliphatic carbocycles. The molecule has 0 aromatic carbocycles. The third-order valence-electron chi connectivity index (χ3n) is 4.92. The summed E-state index contributed by atoms with van der Waals surface area (Å²) >= 11 is 0. The van der Waals surface area contributed by atoms with Gasteiger partial charge in [0.05, 0.1) is 31.5 Å². The van der Waals surface area contributed by atoms with Crippen LogP contribution in [0.15, 0.2) is 0 Å². The summed E-state index contributed by atoms with van der Waals surface area (Å²) < 4.78 is 10.7. The van der Waals surface area contributed by atoms with Crippen molar-refractivity contribution < 1.29 is 50.0 Å². The molecule has 11 heteroatoms. The second kappa shape index (κ2) is 8.87. The maximum absolute atomic E-state index is 11.4. The fourth-order valence-corrected chi connectivity index (χ4v) is 3.58. The zero-order valence-corrected chi connectivity index (χ0v) is 14.3. The highest BCUT2D eigenvalue weighted by atomic mass is 16.6. The Balaban J connectivity index is 2.21. The van der Waals surface area contributed by atoms with Crippen LogP contribution in [-0.2, 0) is 14.3 Å². The Morgan fingerprint density at radius 1 is 1.04 bits per heavy atom. The summed E-state index contributed by atoms with van der Waals surface area (Å²) in [5.74, 6) is -1.24. The van der Waals surface area contributed by atoms with Gasteiger partial charge in [0, 0.05) is 12.8 Å². The van der Waals surface area contributed by atoms with Crippen LogP contribution in [-0.4, -0.2) is 110 Å². The molecule has 0 radical (unpaired) electrons. The summed E-state index contributed by atoms with van der Waals surface area (Å²) in [6, 6.07) is -0.953. The Morgan fingerprint density at radius 3 is 2.19 bits per heavy atom. The summed E-state index contributed by atoms with van der Waals surface area (Å²) in [6.45, 7) is -0.0220. The lowest BCUT2D eigenvalue weighted by Gasteiger charge is -2.42. The molecule has 1 amide bonds. The lowest BCUT2D eigenvalue weighted by molar-refractivity contribution is -0.234. The molecule has 0 aromatic heterocycles. The molecule has 0 bridgehead atoms. The average molecular weight is 381 g/mol. The molecule has 26 heavy (non-hydrogen) atoms. The number of ether oxygens (including phenoxy) is 2. The molecule has 2 aliphatic heterocycles. The number of aliphatic hydroxyl groups excluding tert-OH is 7. The van der Waals surface area contributed by atoms with Crippen molar-refractivity contribution in [1.29, 1.82) is 0 Å². The molecule has 0 spiro atoms. The monoisotopic (exact) mass is 381 g/mol. The molecule has 2 saturated heterocycles. The first-order chi connectivity index (χ1) is 12.2. The standard InChI is InChI=1S/C15H27NO10/c1-5(19)16-10-6(14(7(20)3-17)26-15(10)24)2-8-11(21)13(23)12(22)9(4-18)25-8/h6-15,17-18,20-24H,2-4H2,1H3,(H,16,19)/t6-,7?,8-,9-,10-,11-,12-,13-,14+,15?/m1/s1. The van der Waals surface area contributed by atoms with Gasteiger partial charge in [0.2, 0.25) is 5.91 Å². The van der Waals surface area contributed by atoms with Gasteiger partial charge in [-0.05, 0) is 6.42 Å². The highest BCUT2D eigenvalue weighted by Gasteiger charge is 2.51. The molecule has 11 nitrogen and oxygen atoms in total. The topological polar surface area (TPSA) is 189 Å². The smallest absolute Gasteiger partial charge is 0.217 e. The molecule has 2 fully saturated rings. The van der Waals surface area contributed by atoms with E-state index in [1.807, 2.05) is 0 Å². The van der Waals surface area contributed by atoms with Crippen LogP contribution in [0.3, 0.4) is 0 Å². The van der Waals surface area contributed by atoms with E-state index in [2.05, 4.69) is 5.32 Å². The minimum absolute atomic E-state index is 0.0921. The van der Waals surface area contributed by atoms with Gasteiger partial charge in [0.25, 0.3) is 0 Å². The maximum atomic E-state index is 11.4. The van der Waals surface area contributed by atoms with E-state index in [9.17, 15) is 40.5 Å². The fourth-order valence-electron chi connectivity index (χ4n) is 3.58. The predicted molar refractivity (Wildman–Crippen MR) is 83.5 cm³/mol. The van der Waals surface area contributed by atoms with E-state index >= 15 is 0 Å². The molecule has 152 valence electrons. The number of aliphatic hydroxyl groups is 7. The maximum Gasteiger partial charge on any atom is 0.217 e. The molecular formula is C15H27NO10. The normalized spacial score (nSPS) is 44.7. The summed E-state index contributed by atoms with van der Waals surface area (Å²) in [5.41, 5.74) is 0. The molecule has 0 saturated carbocycles. The van der Waals surface area contributed by atoms with Crippen LogP contribution < -0.4 is 5.32 Å². The molecule has 2 unspecified atom stereocenters. The van der Waals surface area contributed by atoms with Crippen molar-refractivity contribution in [1.82, 2.24) is 5.32 Å². The van der Waals surface area contributed by atoms with Crippen molar-refractivity contribution in [2.75, 3.05) is 13.2 Å². The number of amides is 1. The Bertz CT molecular complexity index is 477. The van der Waals surface area contributed by atoms with Crippen molar-refractivity contribution >= 4 is 5.91 Å². The lowest BCUT2D eigenvalue weighted by Crippen LogP contribution is -2.59. The Kier molecular flexibility index (Phi) is 7.30. The lowest BCUT2D eigenvalue weighted by atomic mass is 9.83. The summed E-state index contributed by atoms with van der Waals surface area (Å²) in [5, 5.41) is 70.9. The minimum atomic E-state index is -1.57. The third kappa shape index (κ3) is 4.32. The van der Waals surface area contributed by atoms with E-state index in [-0.39, 0.29) is 6.42 Å². The second-order valence-corrected chi connectivity index (χ2v) is 6.73. The van der Waals surface area contributed by atoms with Gasteiger partial charge in [0.1, 0.15) is 30.5 Å². The molecule has 10 atom stereocenters. The Morgan fingerprint density at radius 2 is 1.65 bits per heavy atom. The first kappa shape index (κ1) is 21.4. The van der Waals surface area contributed by atoms with Gasteiger partial charge in [-0.1, -0.05) is 0 Å². The molecule has 0 aromatic rings. The summed E-state index contributed by atoms with van der Waals surface area (Å²) in [4.78, 5) is 11.4. The molecule has 2 heterocycles. The van der Waals surface area contributed by atoms with Crippen LogP contribution in [0.5, 0.6) is 0 Å². The van der Waals surface area contributed by atoms with Gasteiger partial charge in [-0.25, -0.2) is 0 Å². The van der Waals surface area contributed by atoms with Crippen molar-refractivity contribution in [2.24, 2.45) is 5.92 Å². The number of nitrogens with one attached hydrogen (secondary N) is 1. The van der Waals surface area contributed by atoms with Gasteiger partial charge >= 0.3 is 0 Å². The van der Waals surface area contributed by atoms with Crippen molar-refractivity contribution in [3.63, 3.8) is 0 Å². The highest BCUT2D eigenvalue weighted by molar-refractivity contribution is 5.73. The van der Waals surface area contributed by atoms with E-state index < -0.39 is 80.1 Å². The largest absolute Gasteiger partial charge is 0.394 e. The average Bonchev–Trinajstić information content (AvgIpc) is 2.90. The van der Waals surface area contributed by atoms with E-state index in [1.54, 1.807) is 0 Å². The number of carbonyl (C=O) groups is 1. The fraction of sp³-hybridized carbons (Fsp3) is 0.933. The summed E-state index contributed by atoms with van der Waals surface area (Å²) in [7, 11) is 0. The molecule has 2 rings (SSSR count). The van der Waals surface area contributed by atoms with Crippen LogP contribution in [0, 0.1) is 5.92 Å². The molecule has 8 N–H and O–H groups in total. The van der Waals surface area contributed by atoms with E-state index in [0.29, 0.717) is 0 Å². The summed E-state index contributed by atoms with van der Waals surface area (Å²) in [6.07, 6.45) is -10.8. The van der Waals surface area contributed by atoms with Crippen molar-refractivity contribution in [2.45, 2.75) is 68.4 Å². The highest BCUT2D eigenvalue weighted by Crippen LogP contribution is 2.35.